The molecule has 0 spiro atoms. The van der Waals surface area contributed by atoms with Crippen molar-refractivity contribution in [3.63, 3.8) is 0 Å². The molecule has 0 saturated heterocycles. The molecule has 2 aromatic carbocycles. The van der Waals surface area contributed by atoms with Gasteiger partial charge in [0, 0.05) is 24.0 Å². The maximum absolute atomic E-state index is 11.2. The zero-order valence-electron chi connectivity index (χ0n) is 22.7. The summed E-state index contributed by atoms with van der Waals surface area (Å²) in [7, 11) is 0. The summed E-state index contributed by atoms with van der Waals surface area (Å²) >= 11 is 0. The Morgan fingerprint density at radius 3 is 2.17 bits per heavy atom. The van der Waals surface area contributed by atoms with E-state index in [0.717, 1.165) is 34.4 Å². The van der Waals surface area contributed by atoms with E-state index in [9.17, 15) is 20.1 Å². The van der Waals surface area contributed by atoms with Gasteiger partial charge in [-0.1, -0.05) is 36.8 Å². The summed E-state index contributed by atoms with van der Waals surface area (Å²) in [6, 6.07) is 19.9. The van der Waals surface area contributed by atoms with Crippen molar-refractivity contribution in [3.05, 3.63) is 135 Å². The molecule has 2 unspecified atom stereocenters. The van der Waals surface area contributed by atoms with E-state index in [2.05, 4.69) is 13.0 Å². The second kappa shape index (κ2) is 11.4. The second-order valence-corrected chi connectivity index (χ2v) is 10.1. The lowest BCUT2D eigenvalue weighted by Gasteiger charge is -2.15. The van der Waals surface area contributed by atoms with Gasteiger partial charge in [-0.15, -0.1) is 0 Å². The van der Waals surface area contributed by atoms with Gasteiger partial charge in [0.2, 0.25) is 0 Å². The van der Waals surface area contributed by atoms with Gasteiger partial charge in [0.05, 0.1) is 0 Å². The van der Waals surface area contributed by atoms with Crippen molar-refractivity contribution in [2.75, 3.05) is 0 Å². The third kappa shape index (κ3) is 5.81. The van der Waals surface area contributed by atoms with E-state index in [-0.39, 0.29) is 17.9 Å². The van der Waals surface area contributed by atoms with Gasteiger partial charge in [-0.3, -0.25) is 4.79 Å². The number of aromatic hydroxyl groups is 1. The SMILES string of the molecule is CCc1cc(Cc2ccc(C(O)c3cc(C)cc(Cc4ccc(C=O)o4)c3O)o2)cc(C(O)c2ccc(C)o2)c1. The molecule has 3 N–H and O–H groups in total. The molecular formula is C33H32O7. The minimum absolute atomic E-state index is 0.0532. The normalized spacial score (nSPS) is 12.9. The van der Waals surface area contributed by atoms with Gasteiger partial charge in [-0.25, -0.2) is 0 Å². The van der Waals surface area contributed by atoms with Crippen LogP contribution in [0.15, 0.2) is 80.0 Å². The monoisotopic (exact) mass is 540 g/mol. The lowest BCUT2D eigenvalue weighted by atomic mass is 9.97. The van der Waals surface area contributed by atoms with Gasteiger partial charge in [0.25, 0.3) is 0 Å². The van der Waals surface area contributed by atoms with Gasteiger partial charge in [0.15, 0.2) is 12.0 Å². The Labute approximate surface area is 232 Å². The van der Waals surface area contributed by atoms with Crippen molar-refractivity contribution in [2.45, 2.75) is 52.2 Å². The van der Waals surface area contributed by atoms with Crippen molar-refractivity contribution in [3.8, 4) is 5.75 Å². The number of phenolic OH excluding ortho intramolecular Hbond substituents is 1. The second-order valence-electron chi connectivity index (χ2n) is 10.1. The first kappa shape index (κ1) is 27.2. The Bertz CT molecular complexity index is 1630. The number of benzene rings is 2. The van der Waals surface area contributed by atoms with Gasteiger partial charge in [0.1, 0.15) is 46.8 Å². The highest BCUT2D eigenvalue weighted by atomic mass is 16.4. The molecule has 0 radical (unpaired) electrons. The first-order valence-electron chi connectivity index (χ1n) is 13.2. The molecule has 0 fully saturated rings. The number of aliphatic hydroxyl groups is 2. The van der Waals surface area contributed by atoms with Crippen LogP contribution in [0.1, 0.15) is 91.9 Å². The summed E-state index contributed by atoms with van der Waals surface area (Å²) in [6.45, 7) is 5.78. The zero-order chi connectivity index (χ0) is 28.4. The third-order valence-corrected chi connectivity index (χ3v) is 6.98. The van der Waals surface area contributed by atoms with E-state index in [1.54, 1.807) is 36.4 Å². The number of phenols is 1. The first-order valence-corrected chi connectivity index (χ1v) is 13.2. The Morgan fingerprint density at radius 2 is 1.48 bits per heavy atom. The number of furan rings is 3. The van der Waals surface area contributed by atoms with Crippen LogP contribution < -0.4 is 0 Å². The standard InChI is InChI=1S/C33H32O7/c1-4-21-13-22(15-24(14-21)32(36)29-9-5-20(3)38-29)16-25-8-10-30(40-25)33(37)28-12-19(2)11-23(31(28)35)17-26-6-7-27(18-34)39-26/h5-15,18,32-33,35-37H,4,16-17H2,1-3H3. The predicted molar refractivity (Wildman–Crippen MR) is 149 cm³/mol. The lowest BCUT2D eigenvalue weighted by molar-refractivity contribution is 0.109. The van der Waals surface area contributed by atoms with Crippen molar-refractivity contribution in [2.24, 2.45) is 0 Å². The van der Waals surface area contributed by atoms with E-state index in [1.807, 2.05) is 38.1 Å². The van der Waals surface area contributed by atoms with Crippen molar-refractivity contribution < 1.29 is 33.4 Å². The number of aldehydes is 1. The molecule has 0 amide bonds. The van der Waals surface area contributed by atoms with Crippen molar-refractivity contribution in [1.29, 1.82) is 0 Å². The highest BCUT2D eigenvalue weighted by molar-refractivity contribution is 5.70. The Balaban J connectivity index is 1.37. The van der Waals surface area contributed by atoms with Gasteiger partial charge >= 0.3 is 0 Å². The summed E-state index contributed by atoms with van der Waals surface area (Å²) in [5.74, 6) is 2.87. The van der Waals surface area contributed by atoms with Crippen LogP contribution in [0.2, 0.25) is 0 Å². The highest BCUT2D eigenvalue weighted by Crippen LogP contribution is 2.36. The fourth-order valence-corrected chi connectivity index (χ4v) is 4.98. The van der Waals surface area contributed by atoms with Crippen molar-refractivity contribution in [1.82, 2.24) is 0 Å². The van der Waals surface area contributed by atoms with Crippen LogP contribution in [0.4, 0.5) is 0 Å². The molecule has 40 heavy (non-hydrogen) atoms. The Hall–Kier alpha value is -4.33. The molecule has 0 aliphatic heterocycles. The number of hydrogen-bond donors (Lipinski definition) is 3. The summed E-state index contributed by atoms with van der Waals surface area (Å²) in [4.78, 5) is 10.9. The minimum atomic E-state index is -1.18. The lowest BCUT2D eigenvalue weighted by Crippen LogP contribution is -2.02. The smallest absolute Gasteiger partial charge is 0.185 e. The van der Waals surface area contributed by atoms with Crippen LogP contribution in [-0.4, -0.2) is 21.6 Å². The Kier molecular flexibility index (Phi) is 7.78. The minimum Gasteiger partial charge on any atom is -0.507 e. The fourth-order valence-electron chi connectivity index (χ4n) is 4.98. The number of aliphatic hydroxyl groups excluding tert-OH is 2. The van der Waals surface area contributed by atoms with E-state index in [4.69, 9.17) is 13.3 Å². The molecule has 7 heteroatoms. The van der Waals surface area contributed by atoms with Gasteiger partial charge in [-0.2, -0.15) is 0 Å². The molecule has 7 nitrogen and oxygen atoms in total. The van der Waals surface area contributed by atoms with Crippen LogP contribution in [-0.2, 0) is 19.3 Å². The zero-order valence-corrected chi connectivity index (χ0v) is 22.7. The average molecular weight is 541 g/mol. The van der Waals surface area contributed by atoms with Gasteiger partial charge in [-0.05, 0) is 79.4 Å². The predicted octanol–water partition coefficient (Wildman–Crippen LogP) is 6.51. The molecule has 0 aliphatic carbocycles. The molecule has 3 heterocycles. The Morgan fingerprint density at radius 1 is 0.775 bits per heavy atom. The molecule has 0 bridgehead atoms. The first-order chi connectivity index (χ1) is 19.2. The molecule has 0 saturated carbocycles. The number of rotatable bonds is 10. The van der Waals surface area contributed by atoms with Crippen LogP contribution in [0.25, 0.3) is 0 Å². The summed E-state index contributed by atoms with van der Waals surface area (Å²) < 4.78 is 17.1. The molecule has 5 aromatic rings. The molecule has 3 aromatic heterocycles. The van der Waals surface area contributed by atoms with E-state index in [0.29, 0.717) is 46.9 Å². The quantitative estimate of drug-likeness (QED) is 0.173. The topological polar surface area (TPSA) is 117 Å². The van der Waals surface area contributed by atoms with E-state index < -0.39 is 12.2 Å². The third-order valence-electron chi connectivity index (χ3n) is 6.98. The molecule has 206 valence electrons. The molecule has 5 rings (SSSR count). The van der Waals surface area contributed by atoms with Gasteiger partial charge < -0.3 is 28.6 Å². The molecular weight excluding hydrogens is 508 g/mol. The van der Waals surface area contributed by atoms with Crippen LogP contribution in [0, 0.1) is 13.8 Å². The number of carbonyl (C=O) groups excluding carboxylic acids is 1. The maximum atomic E-state index is 11.2. The van der Waals surface area contributed by atoms with Crippen LogP contribution in [0.3, 0.4) is 0 Å². The highest BCUT2D eigenvalue weighted by Gasteiger charge is 2.22. The fraction of sp³-hybridized carbons (Fsp3) is 0.242. The number of carbonyl (C=O) groups is 1. The number of hydrogen-bond acceptors (Lipinski definition) is 7. The average Bonchev–Trinajstić information content (AvgIpc) is 3.71. The van der Waals surface area contributed by atoms with E-state index in [1.165, 1.54) is 0 Å². The van der Waals surface area contributed by atoms with E-state index >= 15 is 0 Å². The van der Waals surface area contributed by atoms with Crippen molar-refractivity contribution >= 4 is 6.29 Å². The van der Waals surface area contributed by atoms with Crippen LogP contribution >= 0.6 is 0 Å². The number of aryl methyl sites for hydroxylation is 3. The summed E-state index contributed by atoms with van der Waals surface area (Å²) in [6.07, 6.45) is 0.0964. The van der Waals surface area contributed by atoms with Crippen LogP contribution in [0.5, 0.6) is 5.75 Å². The summed E-state index contributed by atoms with van der Waals surface area (Å²) in [5, 5.41) is 33.1. The largest absolute Gasteiger partial charge is 0.507 e. The molecule has 0 aliphatic rings. The maximum Gasteiger partial charge on any atom is 0.185 e. The summed E-state index contributed by atoms with van der Waals surface area (Å²) in [5.41, 5.74) is 4.53. The molecule has 2 atom stereocenters.